The van der Waals surface area contributed by atoms with Gasteiger partial charge in [0.2, 0.25) is 5.91 Å². The molecule has 18 heavy (non-hydrogen) atoms. The number of benzene rings is 1. The first-order chi connectivity index (χ1) is 8.69. The molecule has 0 aliphatic carbocycles. The highest BCUT2D eigenvalue weighted by Gasteiger charge is 2.18. The minimum atomic E-state index is 0.211. The lowest BCUT2D eigenvalue weighted by Gasteiger charge is -2.19. The van der Waals surface area contributed by atoms with E-state index in [2.05, 4.69) is 17.0 Å². The lowest BCUT2D eigenvalue weighted by Crippen LogP contribution is -2.34. The van der Waals surface area contributed by atoms with E-state index in [1.807, 2.05) is 24.1 Å². The van der Waals surface area contributed by atoms with Crippen LogP contribution in [0.3, 0.4) is 0 Å². The first-order valence-corrected chi connectivity index (χ1v) is 6.43. The van der Waals surface area contributed by atoms with Crippen LogP contribution < -0.4 is 5.73 Å². The third kappa shape index (κ3) is 3.31. The van der Waals surface area contributed by atoms with Crippen LogP contribution in [0.25, 0.3) is 0 Å². The highest BCUT2D eigenvalue weighted by Crippen LogP contribution is 2.10. The van der Waals surface area contributed by atoms with Crippen molar-refractivity contribution in [3.63, 3.8) is 0 Å². The molecule has 1 aromatic carbocycles. The van der Waals surface area contributed by atoms with Gasteiger partial charge < -0.3 is 10.6 Å². The Kier molecular flexibility index (Phi) is 4.33. The second-order valence-corrected chi connectivity index (χ2v) is 4.90. The third-order valence-electron chi connectivity index (χ3n) is 3.39. The van der Waals surface area contributed by atoms with Gasteiger partial charge in [0.1, 0.15) is 0 Å². The summed E-state index contributed by atoms with van der Waals surface area (Å²) in [6, 6.07) is 8.28. The molecule has 1 saturated heterocycles. The Bertz CT molecular complexity index is 419. The molecule has 1 aromatic rings. The standard InChI is InChI=1S/C14H21N3O/c1-16-6-3-7-17(11-14(16)18)10-13-5-2-4-12(8-13)9-15/h2,4-5,8H,3,6-7,9-11,15H2,1H3. The summed E-state index contributed by atoms with van der Waals surface area (Å²) in [5, 5.41) is 0. The van der Waals surface area contributed by atoms with E-state index < -0.39 is 0 Å². The number of hydrogen-bond donors (Lipinski definition) is 1. The van der Waals surface area contributed by atoms with Crippen molar-refractivity contribution in [3.05, 3.63) is 35.4 Å². The van der Waals surface area contributed by atoms with E-state index in [4.69, 9.17) is 5.73 Å². The summed E-state index contributed by atoms with van der Waals surface area (Å²) < 4.78 is 0. The van der Waals surface area contributed by atoms with Crippen LogP contribution in [0.15, 0.2) is 24.3 Å². The first kappa shape index (κ1) is 13.1. The Hall–Kier alpha value is -1.39. The van der Waals surface area contributed by atoms with Crippen LogP contribution in [0.2, 0.25) is 0 Å². The number of likely N-dealkylation sites (N-methyl/N-ethyl adjacent to an activating group) is 1. The van der Waals surface area contributed by atoms with Crippen molar-refractivity contribution in [2.75, 3.05) is 26.7 Å². The molecule has 98 valence electrons. The molecule has 0 unspecified atom stereocenters. The molecule has 0 saturated carbocycles. The Balaban J connectivity index is 2.01. The lowest BCUT2D eigenvalue weighted by atomic mass is 10.1. The van der Waals surface area contributed by atoms with Gasteiger partial charge >= 0.3 is 0 Å². The topological polar surface area (TPSA) is 49.6 Å². The van der Waals surface area contributed by atoms with E-state index in [1.165, 1.54) is 5.56 Å². The van der Waals surface area contributed by atoms with Crippen LogP contribution >= 0.6 is 0 Å². The minimum Gasteiger partial charge on any atom is -0.345 e. The number of carbonyl (C=O) groups is 1. The van der Waals surface area contributed by atoms with Crippen LogP contribution in [0.5, 0.6) is 0 Å². The number of nitrogens with two attached hydrogens (primary N) is 1. The summed E-state index contributed by atoms with van der Waals surface area (Å²) >= 11 is 0. The van der Waals surface area contributed by atoms with Crippen LogP contribution in [-0.2, 0) is 17.9 Å². The Labute approximate surface area is 108 Å². The molecule has 0 atom stereocenters. The van der Waals surface area contributed by atoms with E-state index in [-0.39, 0.29) is 5.91 Å². The molecule has 1 heterocycles. The molecule has 1 fully saturated rings. The van der Waals surface area contributed by atoms with Crippen molar-refractivity contribution in [3.8, 4) is 0 Å². The predicted molar refractivity (Wildman–Crippen MR) is 71.9 cm³/mol. The summed E-state index contributed by atoms with van der Waals surface area (Å²) in [7, 11) is 1.88. The number of amides is 1. The van der Waals surface area contributed by atoms with Gasteiger partial charge in [0.15, 0.2) is 0 Å². The van der Waals surface area contributed by atoms with Gasteiger partial charge in [0, 0.05) is 33.2 Å². The summed E-state index contributed by atoms with van der Waals surface area (Å²) in [5.74, 6) is 0.211. The average Bonchev–Trinajstić information content (AvgIpc) is 2.52. The maximum atomic E-state index is 11.8. The average molecular weight is 247 g/mol. The van der Waals surface area contributed by atoms with Crippen molar-refractivity contribution >= 4 is 5.91 Å². The molecule has 2 rings (SSSR count). The Morgan fingerprint density at radius 2 is 2.06 bits per heavy atom. The molecule has 1 aliphatic heterocycles. The Morgan fingerprint density at radius 3 is 2.83 bits per heavy atom. The number of hydrogen-bond acceptors (Lipinski definition) is 3. The van der Waals surface area contributed by atoms with Crippen molar-refractivity contribution in [2.45, 2.75) is 19.5 Å². The molecule has 4 nitrogen and oxygen atoms in total. The third-order valence-corrected chi connectivity index (χ3v) is 3.39. The van der Waals surface area contributed by atoms with E-state index >= 15 is 0 Å². The maximum absolute atomic E-state index is 11.8. The Morgan fingerprint density at radius 1 is 1.28 bits per heavy atom. The molecule has 0 spiro atoms. The van der Waals surface area contributed by atoms with Crippen LogP contribution in [0.4, 0.5) is 0 Å². The van der Waals surface area contributed by atoms with E-state index in [0.717, 1.165) is 31.6 Å². The van der Waals surface area contributed by atoms with Crippen molar-refractivity contribution in [2.24, 2.45) is 5.73 Å². The molecular weight excluding hydrogens is 226 g/mol. The number of rotatable bonds is 3. The van der Waals surface area contributed by atoms with E-state index in [0.29, 0.717) is 13.1 Å². The lowest BCUT2D eigenvalue weighted by molar-refractivity contribution is -0.129. The number of carbonyl (C=O) groups excluding carboxylic acids is 1. The van der Waals surface area contributed by atoms with Crippen LogP contribution in [-0.4, -0.2) is 42.4 Å². The highest BCUT2D eigenvalue weighted by molar-refractivity contribution is 5.78. The SMILES string of the molecule is CN1CCCN(Cc2cccc(CN)c2)CC1=O. The zero-order chi connectivity index (χ0) is 13.0. The first-order valence-electron chi connectivity index (χ1n) is 6.43. The summed E-state index contributed by atoms with van der Waals surface area (Å²) in [5.41, 5.74) is 8.02. The monoisotopic (exact) mass is 247 g/mol. The molecule has 0 aromatic heterocycles. The zero-order valence-corrected chi connectivity index (χ0v) is 10.9. The van der Waals surface area contributed by atoms with Gasteiger partial charge in [0.25, 0.3) is 0 Å². The minimum absolute atomic E-state index is 0.211. The molecular formula is C14H21N3O. The maximum Gasteiger partial charge on any atom is 0.236 e. The van der Waals surface area contributed by atoms with Crippen LogP contribution in [0.1, 0.15) is 17.5 Å². The second-order valence-electron chi connectivity index (χ2n) is 4.90. The van der Waals surface area contributed by atoms with Gasteiger partial charge in [-0.15, -0.1) is 0 Å². The van der Waals surface area contributed by atoms with Gasteiger partial charge in [0.05, 0.1) is 6.54 Å². The fourth-order valence-electron chi connectivity index (χ4n) is 2.30. The summed E-state index contributed by atoms with van der Waals surface area (Å²) in [6.45, 7) is 3.74. The summed E-state index contributed by atoms with van der Waals surface area (Å²) in [6.07, 6.45) is 1.04. The smallest absolute Gasteiger partial charge is 0.236 e. The van der Waals surface area contributed by atoms with Crippen molar-refractivity contribution < 1.29 is 4.79 Å². The van der Waals surface area contributed by atoms with Crippen LogP contribution in [0, 0.1) is 0 Å². The van der Waals surface area contributed by atoms with Gasteiger partial charge in [-0.1, -0.05) is 24.3 Å². The highest BCUT2D eigenvalue weighted by atomic mass is 16.2. The fraction of sp³-hybridized carbons (Fsp3) is 0.500. The molecule has 0 bridgehead atoms. The molecule has 0 radical (unpaired) electrons. The van der Waals surface area contributed by atoms with E-state index in [1.54, 1.807) is 0 Å². The zero-order valence-electron chi connectivity index (χ0n) is 10.9. The quantitative estimate of drug-likeness (QED) is 0.860. The summed E-state index contributed by atoms with van der Waals surface area (Å²) in [4.78, 5) is 15.8. The second kappa shape index (κ2) is 5.98. The normalized spacial score (nSPS) is 17.9. The molecule has 2 N–H and O–H groups in total. The molecule has 4 heteroatoms. The number of nitrogens with zero attached hydrogens (tertiary/aromatic N) is 2. The largest absolute Gasteiger partial charge is 0.345 e. The fourth-order valence-corrected chi connectivity index (χ4v) is 2.30. The van der Waals surface area contributed by atoms with E-state index in [9.17, 15) is 4.79 Å². The van der Waals surface area contributed by atoms with Gasteiger partial charge in [-0.2, -0.15) is 0 Å². The molecule has 1 aliphatic rings. The van der Waals surface area contributed by atoms with Gasteiger partial charge in [-0.3, -0.25) is 9.69 Å². The van der Waals surface area contributed by atoms with Crippen molar-refractivity contribution in [1.29, 1.82) is 0 Å². The predicted octanol–water partition coefficient (Wildman–Crippen LogP) is 0.809. The van der Waals surface area contributed by atoms with Gasteiger partial charge in [-0.05, 0) is 17.5 Å². The molecule has 1 amide bonds. The van der Waals surface area contributed by atoms with Crippen molar-refractivity contribution in [1.82, 2.24) is 9.80 Å². The van der Waals surface area contributed by atoms with Gasteiger partial charge in [-0.25, -0.2) is 0 Å².